The van der Waals surface area contributed by atoms with Crippen LogP contribution in [0.3, 0.4) is 0 Å². The SMILES string of the molecule is COC(=O)c1ccc(NC(=O)COC(=O)c2sccc2C)cc1. The first kappa shape index (κ1) is 16.7. The number of aryl methyl sites for hydroxylation is 1. The topological polar surface area (TPSA) is 81.7 Å². The molecule has 0 spiro atoms. The third kappa shape index (κ3) is 4.40. The Hall–Kier alpha value is -2.67. The van der Waals surface area contributed by atoms with Crippen molar-refractivity contribution >= 4 is 34.9 Å². The summed E-state index contributed by atoms with van der Waals surface area (Å²) in [5.74, 6) is -1.44. The molecule has 0 aliphatic carbocycles. The summed E-state index contributed by atoms with van der Waals surface area (Å²) >= 11 is 1.27. The number of carbonyl (C=O) groups is 3. The van der Waals surface area contributed by atoms with Crippen LogP contribution in [0.1, 0.15) is 25.6 Å². The number of hydrogen-bond acceptors (Lipinski definition) is 6. The van der Waals surface area contributed by atoms with Crippen molar-refractivity contribution < 1.29 is 23.9 Å². The molecule has 6 nitrogen and oxygen atoms in total. The molecule has 2 aromatic rings. The molecule has 1 aromatic carbocycles. The van der Waals surface area contributed by atoms with Crippen molar-refractivity contribution in [3.8, 4) is 0 Å². The lowest BCUT2D eigenvalue weighted by molar-refractivity contribution is -0.119. The predicted octanol–water partition coefficient (Wildman–Crippen LogP) is 2.64. The Morgan fingerprint density at radius 2 is 1.78 bits per heavy atom. The van der Waals surface area contributed by atoms with Crippen molar-refractivity contribution in [3.05, 3.63) is 51.7 Å². The summed E-state index contributed by atoms with van der Waals surface area (Å²) < 4.78 is 9.55. The number of methoxy groups -OCH3 is 1. The smallest absolute Gasteiger partial charge is 0.349 e. The molecule has 0 atom stereocenters. The highest BCUT2D eigenvalue weighted by molar-refractivity contribution is 7.12. The van der Waals surface area contributed by atoms with Crippen molar-refractivity contribution in [2.24, 2.45) is 0 Å². The average Bonchev–Trinajstić information content (AvgIpc) is 2.98. The molecule has 23 heavy (non-hydrogen) atoms. The van der Waals surface area contributed by atoms with Crippen LogP contribution in [-0.4, -0.2) is 31.6 Å². The summed E-state index contributed by atoms with van der Waals surface area (Å²) in [6.45, 7) is 1.42. The Balaban J connectivity index is 1.86. The first-order valence-corrected chi connectivity index (χ1v) is 7.58. The summed E-state index contributed by atoms with van der Waals surface area (Å²) in [6, 6.07) is 8.00. The number of thiophene rings is 1. The molecule has 0 aliphatic heterocycles. The van der Waals surface area contributed by atoms with E-state index in [9.17, 15) is 14.4 Å². The Bertz CT molecular complexity index is 720. The van der Waals surface area contributed by atoms with E-state index in [4.69, 9.17) is 4.74 Å². The molecule has 0 saturated heterocycles. The second-order valence-electron chi connectivity index (χ2n) is 4.63. The van der Waals surface area contributed by atoms with Crippen molar-refractivity contribution in [1.82, 2.24) is 0 Å². The van der Waals surface area contributed by atoms with Gasteiger partial charge in [0.05, 0.1) is 12.7 Å². The van der Waals surface area contributed by atoms with Crippen molar-refractivity contribution in [2.45, 2.75) is 6.92 Å². The van der Waals surface area contributed by atoms with Crippen LogP contribution in [0.25, 0.3) is 0 Å². The number of rotatable bonds is 5. The number of amides is 1. The molecule has 0 radical (unpaired) electrons. The Morgan fingerprint density at radius 1 is 1.09 bits per heavy atom. The molecule has 1 aromatic heterocycles. The summed E-state index contributed by atoms with van der Waals surface area (Å²) in [5.41, 5.74) is 1.69. The molecule has 0 unspecified atom stereocenters. The minimum Gasteiger partial charge on any atom is -0.465 e. The first-order valence-electron chi connectivity index (χ1n) is 6.70. The lowest BCUT2D eigenvalue weighted by Crippen LogP contribution is -2.20. The molecule has 0 bridgehead atoms. The summed E-state index contributed by atoms with van der Waals surface area (Å²) in [4.78, 5) is 35.3. The quantitative estimate of drug-likeness (QED) is 0.851. The van der Waals surface area contributed by atoms with E-state index in [-0.39, 0.29) is 6.61 Å². The highest BCUT2D eigenvalue weighted by Crippen LogP contribution is 2.16. The van der Waals surface area contributed by atoms with E-state index in [0.29, 0.717) is 16.1 Å². The van der Waals surface area contributed by atoms with Gasteiger partial charge in [-0.05, 0) is 48.2 Å². The fraction of sp³-hybridized carbons (Fsp3) is 0.188. The van der Waals surface area contributed by atoms with Gasteiger partial charge in [0.2, 0.25) is 0 Å². The van der Waals surface area contributed by atoms with Gasteiger partial charge in [0.25, 0.3) is 5.91 Å². The minimum atomic E-state index is -0.520. The van der Waals surface area contributed by atoms with E-state index >= 15 is 0 Å². The maximum Gasteiger partial charge on any atom is 0.349 e. The summed E-state index contributed by atoms with van der Waals surface area (Å²) in [6.07, 6.45) is 0. The standard InChI is InChI=1S/C16H15NO5S/c1-10-7-8-23-14(10)16(20)22-9-13(18)17-12-5-3-11(4-6-12)15(19)21-2/h3-8H,9H2,1-2H3,(H,17,18). The maximum atomic E-state index is 11.8. The predicted molar refractivity (Wildman–Crippen MR) is 85.7 cm³/mol. The van der Waals surface area contributed by atoms with Crippen LogP contribution < -0.4 is 5.32 Å². The highest BCUT2D eigenvalue weighted by Gasteiger charge is 2.14. The van der Waals surface area contributed by atoms with Gasteiger partial charge in [-0.15, -0.1) is 11.3 Å². The molecule has 0 saturated carbocycles. The lowest BCUT2D eigenvalue weighted by Gasteiger charge is -2.07. The third-order valence-electron chi connectivity index (χ3n) is 2.97. The normalized spacial score (nSPS) is 10.0. The molecule has 0 fully saturated rings. The zero-order valence-electron chi connectivity index (χ0n) is 12.6. The average molecular weight is 333 g/mol. The van der Waals surface area contributed by atoms with E-state index in [1.54, 1.807) is 24.4 Å². The molecule has 1 heterocycles. The molecule has 2 rings (SSSR count). The van der Waals surface area contributed by atoms with Crippen molar-refractivity contribution in [1.29, 1.82) is 0 Å². The zero-order chi connectivity index (χ0) is 16.8. The number of hydrogen-bond donors (Lipinski definition) is 1. The third-order valence-corrected chi connectivity index (χ3v) is 3.97. The largest absolute Gasteiger partial charge is 0.465 e. The molecule has 120 valence electrons. The summed E-state index contributed by atoms with van der Waals surface area (Å²) in [7, 11) is 1.29. The number of ether oxygens (including phenoxy) is 2. The molecular formula is C16H15NO5S. The zero-order valence-corrected chi connectivity index (χ0v) is 13.4. The second kappa shape index (κ2) is 7.55. The fourth-order valence-electron chi connectivity index (χ4n) is 1.78. The van der Waals surface area contributed by atoms with E-state index in [1.807, 2.05) is 6.07 Å². The van der Waals surface area contributed by atoms with Gasteiger partial charge in [0.15, 0.2) is 6.61 Å². The molecular weight excluding hydrogens is 318 g/mol. The Kier molecular flexibility index (Phi) is 5.48. The van der Waals surface area contributed by atoms with E-state index < -0.39 is 17.8 Å². The summed E-state index contributed by atoms with van der Waals surface area (Å²) in [5, 5.41) is 4.36. The van der Waals surface area contributed by atoms with Crippen molar-refractivity contribution in [3.63, 3.8) is 0 Å². The van der Waals surface area contributed by atoms with Crippen LogP contribution in [-0.2, 0) is 14.3 Å². The van der Waals surface area contributed by atoms with Gasteiger partial charge in [-0.1, -0.05) is 0 Å². The van der Waals surface area contributed by atoms with Gasteiger partial charge in [-0.2, -0.15) is 0 Å². The minimum absolute atomic E-state index is 0.380. The fourth-order valence-corrected chi connectivity index (χ4v) is 2.60. The van der Waals surface area contributed by atoms with Crippen LogP contribution in [0.2, 0.25) is 0 Å². The van der Waals surface area contributed by atoms with Gasteiger partial charge in [0, 0.05) is 5.69 Å². The first-order chi connectivity index (χ1) is 11.0. The molecule has 0 aliphatic rings. The Labute approximate surface area is 137 Å². The second-order valence-corrected chi connectivity index (χ2v) is 5.54. The Morgan fingerprint density at radius 3 is 2.35 bits per heavy atom. The van der Waals surface area contributed by atoms with E-state index in [2.05, 4.69) is 10.1 Å². The number of esters is 2. The number of benzene rings is 1. The highest BCUT2D eigenvalue weighted by atomic mass is 32.1. The molecule has 7 heteroatoms. The van der Waals surface area contributed by atoms with Gasteiger partial charge in [-0.3, -0.25) is 4.79 Å². The van der Waals surface area contributed by atoms with Crippen LogP contribution in [0.5, 0.6) is 0 Å². The number of anilines is 1. The maximum absolute atomic E-state index is 11.8. The molecule has 1 N–H and O–H groups in total. The monoisotopic (exact) mass is 333 g/mol. The van der Waals surface area contributed by atoms with Crippen LogP contribution in [0.4, 0.5) is 5.69 Å². The van der Waals surface area contributed by atoms with Gasteiger partial charge in [0.1, 0.15) is 4.88 Å². The van der Waals surface area contributed by atoms with E-state index in [1.165, 1.54) is 30.6 Å². The number of nitrogens with one attached hydrogen (secondary N) is 1. The van der Waals surface area contributed by atoms with Gasteiger partial charge in [-0.25, -0.2) is 9.59 Å². The van der Waals surface area contributed by atoms with E-state index in [0.717, 1.165) is 5.56 Å². The van der Waals surface area contributed by atoms with Crippen LogP contribution in [0.15, 0.2) is 35.7 Å². The van der Waals surface area contributed by atoms with Gasteiger partial charge < -0.3 is 14.8 Å². The van der Waals surface area contributed by atoms with Crippen molar-refractivity contribution in [2.75, 3.05) is 19.0 Å². The van der Waals surface area contributed by atoms with Gasteiger partial charge >= 0.3 is 11.9 Å². The van der Waals surface area contributed by atoms with Crippen LogP contribution in [0, 0.1) is 6.92 Å². The number of carbonyl (C=O) groups excluding carboxylic acids is 3. The van der Waals surface area contributed by atoms with Crippen LogP contribution >= 0.6 is 11.3 Å². The lowest BCUT2D eigenvalue weighted by atomic mass is 10.2. The molecule has 1 amide bonds.